The molecule has 1 aliphatic rings. The van der Waals surface area contributed by atoms with Crippen LogP contribution in [0.4, 0.5) is 0 Å². The Labute approximate surface area is 169 Å². The van der Waals surface area contributed by atoms with E-state index >= 15 is 0 Å². The molecule has 1 atom stereocenters. The fourth-order valence-corrected chi connectivity index (χ4v) is 4.48. The first kappa shape index (κ1) is 20.3. The van der Waals surface area contributed by atoms with Crippen LogP contribution in [-0.4, -0.2) is 10.2 Å². The molecule has 2 aromatic carbocycles. The molecule has 2 heteroatoms. The molecule has 0 heterocycles. The molecule has 2 aromatic rings. The van der Waals surface area contributed by atoms with Gasteiger partial charge in [0.25, 0.3) is 0 Å². The van der Waals surface area contributed by atoms with Crippen molar-refractivity contribution in [2.45, 2.75) is 58.8 Å². The summed E-state index contributed by atoms with van der Waals surface area (Å²) in [5.41, 5.74) is 4.65. The highest BCUT2D eigenvalue weighted by molar-refractivity contribution is 5.76. The van der Waals surface area contributed by atoms with Crippen LogP contribution < -0.4 is 0 Å². The topological polar surface area (TPSA) is 40.5 Å². The minimum atomic E-state index is -0.105. The van der Waals surface area contributed by atoms with E-state index in [1.54, 1.807) is 12.1 Å². The van der Waals surface area contributed by atoms with Crippen molar-refractivity contribution in [1.29, 1.82) is 0 Å². The summed E-state index contributed by atoms with van der Waals surface area (Å²) >= 11 is 0. The van der Waals surface area contributed by atoms with Gasteiger partial charge in [-0.15, -0.1) is 0 Å². The minimum absolute atomic E-state index is 0.105. The molecular weight excluding hydrogens is 344 g/mol. The number of aromatic hydroxyl groups is 2. The first-order valence-electron chi connectivity index (χ1n) is 10.1. The van der Waals surface area contributed by atoms with Crippen molar-refractivity contribution >= 4 is 5.57 Å². The van der Waals surface area contributed by atoms with Crippen LogP contribution in [0.3, 0.4) is 0 Å². The second kappa shape index (κ2) is 7.50. The lowest BCUT2D eigenvalue weighted by atomic mass is 9.71. The third-order valence-electron chi connectivity index (χ3n) is 5.45. The number of rotatable bonds is 4. The number of phenolic OH excluding ortho intramolecular Hbond substituents is 2. The molecule has 2 nitrogen and oxygen atoms in total. The van der Waals surface area contributed by atoms with Gasteiger partial charge in [-0.2, -0.15) is 0 Å². The largest absolute Gasteiger partial charge is 0.508 e. The fraction of sp³-hybridized carbons (Fsp3) is 0.385. The van der Waals surface area contributed by atoms with Gasteiger partial charge in [-0.3, -0.25) is 0 Å². The zero-order valence-electron chi connectivity index (χ0n) is 17.7. The van der Waals surface area contributed by atoms with Crippen molar-refractivity contribution in [3.05, 3.63) is 77.4 Å². The molecule has 0 bridgehead atoms. The molecule has 0 aromatic heterocycles. The number of benzene rings is 2. The lowest BCUT2D eigenvalue weighted by Crippen LogP contribution is -2.25. The Morgan fingerprint density at radius 3 is 2.18 bits per heavy atom. The van der Waals surface area contributed by atoms with Gasteiger partial charge in [0.15, 0.2) is 0 Å². The normalized spacial score (nSPS) is 17.5. The quantitative estimate of drug-likeness (QED) is 0.607. The van der Waals surface area contributed by atoms with E-state index in [9.17, 15) is 10.2 Å². The monoisotopic (exact) mass is 376 g/mol. The van der Waals surface area contributed by atoms with Crippen molar-refractivity contribution < 1.29 is 10.2 Å². The Balaban J connectivity index is 1.83. The highest BCUT2D eigenvalue weighted by Crippen LogP contribution is 2.41. The average molecular weight is 377 g/mol. The molecule has 0 fully saturated rings. The minimum Gasteiger partial charge on any atom is -0.508 e. The van der Waals surface area contributed by atoms with E-state index in [1.807, 2.05) is 24.3 Å². The predicted octanol–water partition coefficient (Wildman–Crippen LogP) is 6.94. The van der Waals surface area contributed by atoms with E-state index in [2.05, 4.69) is 58.9 Å². The third-order valence-corrected chi connectivity index (χ3v) is 5.45. The number of hydrogen-bond donors (Lipinski definition) is 2. The maximum atomic E-state index is 10.5. The van der Waals surface area contributed by atoms with Gasteiger partial charge >= 0.3 is 0 Å². The lowest BCUT2D eigenvalue weighted by Gasteiger charge is -2.33. The zero-order chi connectivity index (χ0) is 20.5. The van der Waals surface area contributed by atoms with Crippen LogP contribution in [0.25, 0.3) is 5.57 Å². The second-order valence-corrected chi connectivity index (χ2v) is 9.81. The highest BCUT2D eigenvalue weighted by Gasteiger charge is 2.30. The van der Waals surface area contributed by atoms with Crippen LogP contribution in [-0.2, 0) is 5.41 Å². The highest BCUT2D eigenvalue weighted by atomic mass is 16.3. The summed E-state index contributed by atoms with van der Waals surface area (Å²) in [5, 5.41) is 20.0. The molecule has 0 amide bonds. The summed E-state index contributed by atoms with van der Waals surface area (Å²) < 4.78 is 0. The maximum absolute atomic E-state index is 10.5. The SMILES string of the molecule is CC(C)(C)CC(C)(C)c1cc(C2=CCC(c3ccc(O)cc3)C=C2)ccc1O. The predicted molar refractivity (Wildman–Crippen MR) is 118 cm³/mol. The van der Waals surface area contributed by atoms with E-state index in [0.717, 1.165) is 24.0 Å². The molecule has 28 heavy (non-hydrogen) atoms. The number of allylic oxidation sites excluding steroid dienone is 4. The van der Waals surface area contributed by atoms with Gasteiger partial charge in [-0.05, 0) is 64.6 Å². The van der Waals surface area contributed by atoms with Gasteiger partial charge in [0.05, 0.1) is 0 Å². The summed E-state index contributed by atoms with van der Waals surface area (Å²) in [7, 11) is 0. The Morgan fingerprint density at radius 2 is 1.61 bits per heavy atom. The first-order chi connectivity index (χ1) is 13.0. The standard InChI is InChI=1S/C26H32O2/c1-25(2,3)17-26(4,5)23-16-21(12-15-24(23)28)20-8-6-18(7-9-20)19-10-13-22(27)14-11-19/h6,8-16,18,27-28H,7,17H2,1-5H3. The molecule has 3 rings (SSSR count). The first-order valence-corrected chi connectivity index (χ1v) is 10.1. The Morgan fingerprint density at radius 1 is 0.929 bits per heavy atom. The van der Waals surface area contributed by atoms with Crippen LogP contribution in [0.5, 0.6) is 11.5 Å². The Hall–Kier alpha value is -2.48. The molecular formula is C26H32O2. The molecule has 0 aliphatic heterocycles. The Bertz CT molecular complexity index is 893. The van der Waals surface area contributed by atoms with Gasteiger partial charge in [0, 0.05) is 11.5 Å². The fourth-order valence-electron chi connectivity index (χ4n) is 4.48. The van der Waals surface area contributed by atoms with Crippen LogP contribution in [0.15, 0.2) is 60.7 Å². The van der Waals surface area contributed by atoms with Gasteiger partial charge < -0.3 is 10.2 Å². The molecule has 2 N–H and O–H groups in total. The van der Waals surface area contributed by atoms with Crippen LogP contribution >= 0.6 is 0 Å². The smallest absolute Gasteiger partial charge is 0.119 e. The average Bonchev–Trinajstić information content (AvgIpc) is 2.61. The van der Waals surface area contributed by atoms with Gasteiger partial charge in [-0.25, -0.2) is 0 Å². The van der Waals surface area contributed by atoms with Crippen molar-refractivity contribution in [1.82, 2.24) is 0 Å². The summed E-state index contributed by atoms with van der Waals surface area (Å²) in [4.78, 5) is 0. The summed E-state index contributed by atoms with van der Waals surface area (Å²) in [5.74, 6) is 1.01. The van der Waals surface area contributed by atoms with Crippen LogP contribution in [0.1, 0.15) is 70.1 Å². The molecule has 0 spiro atoms. The number of hydrogen-bond acceptors (Lipinski definition) is 2. The van der Waals surface area contributed by atoms with Gasteiger partial charge in [0.2, 0.25) is 0 Å². The Kier molecular flexibility index (Phi) is 5.43. The van der Waals surface area contributed by atoms with Gasteiger partial charge in [0.1, 0.15) is 11.5 Å². The van der Waals surface area contributed by atoms with E-state index in [0.29, 0.717) is 17.4 Å². The van der Waals surface area contributed by atoms with E-state index in [1.165, 1.54) is 11.1 Å². The van der Waals surface area contributed by atoms with Crippen molar-refractivity contribution in [2.75, 3.05) is 0 Å². The van der Waals surface area contributed by atoms with Crippen molar-refractivity contribution in [3.8, 4) is 11.5 Å². The molecule has 0 saturated carbocycles. The summed E-state index contributed by atoms with van der Waals surface area (Å²) in [6.45, 7) is 11.1. The maximum Gasteiger partial charge on any atom is 0.119 e. The van der Waals surface area contributed by atoms with Crippen molar-refractivity contribution in [3.63, 3.8) is 0 Å². The lowest BCUT2D eigenvalue weighted by molar-refractivity contribution is 0.278. The molecule has 0 radical (unpaired) electrons. The van der Waals surface area contributed by atoms with Crippen LogP contribution in [0, 0.1) is 5.41 Å². The molecule has 1 unspecified atom stereocenters. The molecule has 1 aliphatic carbocycles. The van der Waals surface area contributed by atoms with E-state index < -0.39 is 0 Å². The molecule has 148 valence electrons. The summed E-state index contributed by atoms with van der Waals surface area (Å²) in [6, 6.07) is 13.4. The summed E-state index contributed by atoms with van der Waals surface area (Å²) in [6.07, 6.45) is 8.60. The van der Waals surface area contributed by atoms with E-state index in [4.69, 9.17) is 0 Å². The van der Waals surface area contributed by atoms with E-state index in [-0.39, 0.29) is 10.8 Å². The van der Waals surface area contributed by atoms with Gasteiger partial charge in [-0.1, -0.05) is 71.0 Å². The zero-order valence-corrected chi connectivity index (χ0v) is 17.7. The number of phenols is 2. The van der Waals surface area contributed by atoms with Crippen molar-refractivity contribution in [2.24, 2.45) is 5.41 Å². The van der Waals surface area contributed by atoms with Crippen LogP contribution in [0.2, 0.25) is 0 Å². The second-order valence-electron chi connectivity index (χ2n) is 9.81. The third kappa shape index (κ3) is 4.67. The molecule has 0 saturated heterocycles.